The lowest BCUT2D eigenvalue weighted by Crippen LogP contribution is -2.15. The van der Waals surface area contributed by atoms with Gasteiger partial charge in [-0.1, -0.05) is 38.6 Å². The maximum Gasteiger partial charge on any atom is 0.324 e. The van der Waals surface area contributed by atoms with Gasteiger partial charge in [0.1, 0.15) is 0 Å². The molecular weight excluding hydrogens is 426 g/mol. The summed E-state index contributed by atoms with van der Waals surface area (Å²) in [5, 5.41) is 10.7. The molecule has 0 saturated carbocycles. The number of nitrogens with zero attached hydrogens (tertiary/aromatic N) is 3. The average Bonchev–Trinajstić information content (AvgIpc) is 3.16. The highest BCUT2D eigenvalue weighted by atomic mass is 79.9. The van der Waals surface area contributed by atoms with E-state index in [1.807, 2.05) is 29.7 Å². The van der Waals surface area contributed by atoms with Crippen LogP contribution in [0.5, 0.6) is 0 Å². The normalized spacial score (nSPS) is 12.3. The van der Waals surface area contributed by atoms with Crippen LogP contribution in [0, 0.1) is 10.1 Å². The predicted molar refractivity (Wildman–Crippen MR) is 104 cm³/mol. The van der Waals surface area contributed by atoms with E-state index in [1.165, 1.54) is 23.5 Å². The number of fused-ring (bicyclic) bond motifs is 1. The highest BCUT2D eigenvalue weighted by Crippen LogP contribution is 2.25. The Bertz CT molecular complexity index is 1060. The smallest absolute Gasteiger partial charge is 0.317 e. The number of benzene rings is 1. The maximum atomic E-state index is 12.1. The van der Waals surface area contributed by atoms with Gasteiger partial charge in [0.15, 0.2) is 4.80 Å². The number of thiophene rings is 1. The zero-order valence-electron chi connectivity index (χ0n) is 13.0. The summed E-state index contributed by atoms with van der Waals surface area (Å²) in [7, 11) is 0. The zero-order valence-corrected chi connectivity index (χ0v) is 16.2. The van der Waals surface area contributed by atoms with Gasteiger partial charge < -0.3 is 4.57 Å². The first-order chi connectivity index (χ1) is 12.0. The number of aryl methyl sites for hydroxylation is 1. The molecule has 0 aliphatic rings. The van der Waals surface area contributed by atoms with Gasteiger partial charge in [-0.25, -0.2) is 0 Å². The zero-order chi connectivity index (χ0) is 18.0. The fraction of sp³-hybridized carbons (Fsp3) is 0.125. The van der Waals surface area contributed by atoms with Crippen LogP contribution in [-0.2, 0) is 11.3 Å². The minimum absolute atomic E-state index is 0.0444. The van der Waals surface area contributed by atoms with Crippen LogP contribution in [0.1, 0.15) is 11.8 Å². The Labute approximate surface area is 159 Å². The number of hydrogen-bond acceptors (Lipinski definition) is 5. The van der Waals surface area contributed by atoms with Crippen LogP contribution in [0.2, 0.25) is 0 Å². The number of aromatic nitrogens is 1. The van der Waals surface area contributed by atoms with E-state index in [0.29, 0.717) is 16.2 Å². The van der Waals surface area contributed by atoms with E-state index in [1.54, 1.807) is 12.1 Å². The van der Waals surface area contributed by atoms with E-state index < -0.39 is 10.8 Å². The second-order valence-corrected chi connectivity index (χ2v) is 7.98. The molecule has 2 heterocycles. The van der Waals surface area contributed by atoms with Gasteiger partial charge in [0.25, 0.3) is 5.91 Å². The molecule has 0 aliphatic carbocycles. The van der Waals surface area contributed by atoms with Crippen molar-refractivity contribution in [2.24, 2.45) is 4.99 Å². The molecule has 6 nitrogen and oxygen atoms in total. The summed E-state index contributed by atoms with van der Waals surface area (Å²) in [4.78, 5) is 27.8. The first kappa shape index (κ1) is 17.7. The molecule has 0 saturated heterocycles. The van der Waals surface area contributed by atoms with Crippen molar-refractivity contribution in [2.75, 3.05) is 0 Å². The van der Waals surface area contributed by atoms with Crippen molar-refractivity contribution in [1.82, 2.24) is 4.57 Å². The van der Waals surface area contributed by atoms with Gasteiger partial charge in [-0.05, 0) is 37.3 Å². The Morgan fingerprint density at radius 2 is 2.16 bits per heavy atom. The summed E-state index contributed by atoms with van der Waals surface area (Å²) in [6.45, 7) is 2.70. The molecule has 128 valence electrons. The molecule has 9 heteroatoms. The summed E-state index contributed by atoms with van der Waals surface area (Å²) in [5.74, 6) is -0.399. The van der Waals surface area contributed by atoms with E-state index >= 15 is 0 Å². The molecule has 0 N–H and O–H groups in total. The molecule has 0 bridgehead atoms. The van der Waals surface area contributed by atoms with Crippen molar-refractivity contribution in [1.29, 1.82) is 0 Å². The summed E-state index contributed by atoms with van der Waals surface area (Å²) < 4.78 is 4.00. The number of hydrogen-bond donors (Lipinski definition) is 0. The number of nitro groups is 1. The molecule has 2 aromatic heterocycles. The maximum absolute atomic E-state index is 12.1. The minimum atomic E-state index is -0.451. The summed E-state index contributed by atoms with van der Waals surface area (Å²) in [6.07, 6.45) is 2.87. The number of amides is 1. The average molecular weight is 438 g/mol. The van der Waals surface area contributed by atoms with E-state index in [2.05, 4.69) is 20.9 Å². The van der Waals surface area contributed by atoms with Gasteiger partial charge in [0.2, 0.25) is 0 Å². The van der Waals surface area contributed by atoms with Crippen LogP contribution in [0.4, 0.5) is 5.00 Å². The van der Waals surface area contributed by atoms with Crippen molar-refractivity contribution in [2.45, 2.75) is 13.5 Å². The second-order valence-electron chi connectivity index (χ2n) is 4.96. The molecule has 0 aliphatic heterocycles. The lowest BCUT2D eigenvalue weighted by molar-refractivity contribution is -0.380. The van der Waals surface area contributed by atoms with Crippen LogP contribution >= 0.6 is 38.6 Å². The molecule has 0 radical (unpaired) electrons. The number of carbonyl (C=O) groups is 1. The minimum Gasteiger partial charge on any atom is -0.317 e. The van der Waals surface area contributed by atoms with Crippen molar-refractivity contribution < 1.29 is 9.72 Å². The fourth-order valence-corrected chi connectivity index (χ4v) is 4.63. The molecule has 0 spiro atoms. The third-order valence-corrected chi connectivity index (χ3v) is 5.89. The monoisotopic (exact) mass is 437 g/mol. The molecule has 1 amide bonds. The lowest BCUT2D eigenvalue weighted by atomic mass is 10.3. The molecule has 0 fully saturated rings. The molecular formula is C16H12BrN3O3S2. The third-order valence-electron chi connectivity index (χ3n) is 3.35. The Balaban J connectivity index is 1.91. The second kappa shape index (κ2) is 7.42. The first-order valence-corrected chi connectivity index (χ1v) is 9.70. The van der Waals surface area contributed by atoms with E-state index in [9.17, 15) is 14.9 Å². The van der Waals surface area contributed by atoms with Crippen molar-refractivity contribution in [3.63, 3.8) is 0 Å². The SMILES string of the molecule is CCn1c(=NC(=O)C=Cc2ccc([N+](=O)[O-])s2)sc2cc(Br)ccc21. The van der Waals surface area contributed by atoms with Crippen LogP contribution in [0.3, 0.4) is 0 Å². The largest absolute Gasteiger partial charge is 0.324 e. The standard InChI is InChI=1S/C16H12BrN3O3S2/c1-2-19-12-6-3-10(17)9-13(12)25-16(19)18-14(21)7-4-11-5-8-15(24-11)20(22)23/h3-9H,2H2,1H3. The first-order valence-electron chi connectivity index (χ1n) is 7.28. The molecule has 0 unspecified atom stereocenters. The van der Waals surface area contributed by atoms with Gasteiger partial charge in [0, 0.05) is 28.0 Å². The van der Waals surface area contributed by atoms with Gasteiger partial charge in [-0.3, -0.25) is 14.9 Å². The van der Waals surface area contributed by atoms with Crippen LogP contribution in [-0.4, -0.2) is 15.4 Å². The summed E-state index contributed by atoms with van der Waals surface area (Å²) in [5.41, 5.74) is 1.03. The number of carbonyl (C=O) groups excluding carboxylic acids is 1. The predicted octanol–water partition coefficient (Wildman–Crippen LogP) is 4.60. The lowest BCUT2D eigenvalue weighted by Gasteiger charge is -1.99. The van der Waals surface area contributed by atoms with Gasteiger partial charge in [-0.15, -0.1) is 0 Å². The van der Waals surface area contributed by atoms with E-state index in [4.69, 9.17) is 0 Å². The topological polar surface area (TPSA) is 77.5 Å². The molecule has 3 rings (SSSR count). The quantitative estimate of drug-likeness (QED) is 0.340. The molecule has 0 atom stereocenters. The Hall–Kier alpha value is -2.10. The molecule has 25 heavy (non-hydrogen) atoms. The summed E-state index contributed by atoms with van der Waals surface area (Å²) >= 11 is 5.90. The van der Waals surface area contributed by atoms with Gasteiger partial charge >= 0.3 is 5.00 Å². The van der Waals surface area contributed by atoms with Gasteiger partial charge in [-0.2, -0.15) is 4.99 Å². The Kier molecular flexibility index (Phi) is 5.26. The number of halogens is 1. The highest BCUT2D eigenvalue weighted by molar-refractivity contribution is 9.10. The number of thiazole rings is 1. The highest BCUT2D eigenvalue weighted by Gasteiger charge is 2.09. The summed E-state index contributed by atoms with van der Waals surface area (Å²) in [6, 6.07) is 8.97. The van der Waals surface area contributed by atoms with Crippen LogP contribution in [0.15, 0.2) is 45.9 Å². The number of rotatable bonds is 4. The van der Waals surface area contributed by atoms with Gasteiger partial charge in [0.05, 0.1) is 15.1 Å². The Morgan fingerprint density at radius 1 is 1.36 bits per heavy atom. The third kappa shape index (κ3) is 3.94. The molecule has 1 aromatic carbocycles. The molecule has 3 aromatic rings. The van der Waals surface area contributed by atoms with E-state index in [0.717, 1.165) is 26.0 Å². The Morgan fingerprint density at radius 3 is 2.84 bits per heavy atom. The fourth-order valence-electron chi connectivity index (χ4n) is 2.25. The van der Waals surface area contributed by atoms with Crippen LogP contribution < -0.4 is 4.80 Å². The van der Waals surface area contributed by atoms with Crippen LogP contribution in [0.25, 0.3) is 16.3 Å². The van der Waals surface area contributed by atoms with E-state index in [-0.39, 0.29) is 5.00 Å². The van der Waals surface area contributed by atoms with Crippen molar-refractivity contribution >= 4 is 65.8 Å². The van der Waals surface area contributed by atoms with Crippen molar-refractivity contribution in [3.8, 4) is 0 Å². The van der Waals surface area contributed by atoms with Crippen molar-refractivity contribution in [3.05, 3.63) is 60.7 Å².